The molecule has 0 radical (unpaired) electrons. The first-order valence-electron chi connectivity index (χ1n) is 7.51. The molecule has 24 heavy (non-hydrogen) atoms. The minimum atomic E-state index is -3.80. The largest absolute Gasteiger partial charge is 0.493 e. The van der Waals surface area contributed by atoms with Gasteiger partial charge in [0.25, 0.3) is 5.92 Å². The van der Waals surface area contributed by atoms with Crippen molar-refractivity contribution in [2.24, 2.45) is 0 Å². The monoisotopic (exact) mass is 352 g/mol. The fourth-order valence-electron chi connectivity index (χ4n) is 3.12. The van der Waals surface area contributed by atoms with E-state index < -0.39 is 33.0 Å². The van der Waals surface area contributed by atoms with E-state index in [0.29, 0.717) is 23.5 Å². The van der Waals surface area contributed by atoms with Gasteiger partial charge in [-0.25, -0.2) is 18.4 Å². The number of sulfone groups is 1. The Morgan fingerprint density at radius 3 is 2.75 bits per heavy atom. The molecule has 2 aliphatic rings. The SMILES string of the molecule is CS(=O)(=O)c1nc(-c2ccc3c(c2)OCC3)c2c(n1)C(F)(F)CC2. The Balaban J connectivity index is 1.97. The number of ether oxygens (including phenoxy) is 1. The zero-order valence-electron chi connectivity index (χ0n) is 12.8. The first kappa shape index (κ1) is 15.4. The summed E-state index contributed by atoms with van der Waals surface area (Å²) < 4.78 is 57.4. The Hall–Kier alpha value is -2.09. The zero-order valence-corrected chi connectivity index (χ0v) is 13.7. The molecule has 126 valence electrons. The number of fused-ring (bicyclic) bond motifs is 2. The lowest BCUT2D eigenvalue weighted by molar-refractivity contribution is -0.00652. The van der Waals surface area contributed by atoms with Crippen LogP contribution in [-0.4, -0.2) is 31.2 Å². The summed E-state index contributed by atoms with van der Waals surface area (Å²) in [6, 6.07) is 5.35. The fourth-order valence-corrected chi connectivity index (χ4v) is 3.64. The molecular formula is C16H14F2N2O3S. The van der Waals surface area contributed by atoms with Crippen LogP contribution in [-0.2, 0) is 28.6 Å². The Kier molecular flexibility index (Phi) is 3.19. The third-order valence-electron chi connectivity index (χ3n) is 4.32. The second-order valence-electron chi connectivity index (χ2n) is 6.08. The van der Waals surface area contributed by atoms with Gasteiger partial charge in [0.2, 0.25) is 15.0 Å². The maximum absolute atomic E-state index is 14.1. The molecule has 0 bridgehead atoms. The van der Waals surface area contributed by atoms with Crippen LogP contribution in [0.5, 0.6) is 5.75 Å². The van der Waals surface area contributed by atoms with Crippen molar-refractivity contribution in [3.8, 4) is 17.0 Å². The summed E-state index contributed by atoms with van der Waals surface area (Å²) in [5, 5.41) is -0.570. The molecule has 0 unspecified atom stereocenters. The van der Waals surface area contributed by atoms with Crippen LogP contribution in [0, 0.1) is 0 Å². The molecule has 0 saturated heterocycles. The highest BCUT2D eigenvalue weighted by Gasteiger charge is 2.43. The maximum atomic E-state index is 14.1. The van der Waals surface area contributed by atoms with Gasteiger partial charge < -0.3 is 4.74 Å². The number of alkyl halides is 2. The lowest BCUT2D eigenvalue weighted by Crippen LogP contribution is -2.15. The van der Waals surface area contributed by atoms with Gasteiger partial charge in [-0.15, -0.1) is 0 Å². The van der Waals surface area contributed by atoms with Crippen LogP contribution in [0.3, 0.4) is 0 Å². The predicted molar refractivity (Wildman–Crippen MR) is 82.0 cm³/mol. The molecule has 0 atom stereocenters. The molecule has 1 aliphatic heterocycles. The normalized spacial score (nSPS) is 18.1. The maximum Gasteiger partial charge on any atom is 0.290 e. The van der Waals surface area contributed by atoms with E-state index in [1.165, 1.54) is 0 Å². The van der Waals surface area contributed by atoms with Crippen LogP contribution in [0.15, 0.2) is 23.4 Å². The van der Waals surface area contributed by atoms with Crippen LogP contribution < -0.4 is 4.74 Å². The first-order valence-corrected chi connectivity index (χ1v) is 9.40. The molecule has 4 rings (SSSR count). The van der Waals surface area contributed by atoms with Crippen molar-refractivity contribution in [3.05, 3.63) is 35.0 Å². The number of benzene rings is 1. The third-order valence-corrected chi connectivity index (χ3v) is 5.17. The molecule has 5 nitrogen and oxygen atoms in total. The minimum Gasteiger partial charge on any atom is -0.493 e. The fraction of sp³-hybridized carbons (Fsp3) is 0.375. The van der Waals surface area contributed by atoms with E-state index in [2.05, 4.69) is 9.97 Å². The number of hydrogen-bond acceptors (Lipinski definition) is 5. The Morgan fingerprint density at radius 1 is 1.21 bits per heavy atom. The smallest absolute Gasteiger partial charge is 0.290 e. The average molecular weight is 352 g/mol. The molecule has 0 spiro atoms. The van der Waals surface area contributed by atoms with Gasteiger partial charge in [-0.1, -0.05) is 12.1 Å². The summed E-state index contributed by atoms with van der Waals surface area (Å²) in [6.45, 7) is 0.577. The van der Waals surface area contributed by atoms with E-state index >= 15 is 0 Å². The first-order chi connectivity index (χ1) is 11.3. The molecule has 1 aromatic heterocycles. The predicted octanol–water partition coefficient (Wildman–Crippen LogP) is 2.52. The summed E-state index contributed by atoms with van der Waals surface area (Å²) in [5.41, 5.74) is 1.69. The Bertz CT molecular complexity index is 958. The van der Waals surface area contributed by atoms with Crippen LogP contribution in [0.25, 0.3) is 11.3 Å². The molecular weight excluding hydrogens is 338 g/mol. The topological polar surface area (TPSA) is 69.2 Å². The van der Waals surface area contributed by atoms with E-state index in [9.17, 15) is 17.2 Å². The number of aromatic nitrogens is 2. The van der Waals surface area contributed by atoms with Gasteiger partial charge in [-0.3, -0.25) is 0 Å². The van der Waals surface area contributed by atoms with Crippen molar-refractivity contribution >= 4 is 9.84 Å². The summed E-state index contributed by atoms with van der Waals surface area (Å²) in [4.78, 5) is 7.74. The summed E-state index contributed by atoms with van der Waals surface area (Å²) in [5.74, 6) is -2.45. The van der Waals surface area contributed by atoms with Crippen molar-refractivity contribution < 1.29 is 21.9 Å². The highest BCUT2D eigenvalue weighted by molar-refractivity contribution is 7.90. The zero-order chi connectivity index (χ0) is 17.1. The lowest BCUT2D eigenvalue weighted by Gasteiger charge is -2.13. The van der Waals surface area contributed by atoms with Crippen molar-refractivity contribution in [1.82, 2.24) is 9.97 Å². The van der Waals surface area contributed by atoms with Crippen molar-refractivity contribution in [2.45, 2.75) is 30.3 Å². The second kappa shape index (κ2) is 4.95. The van der Waals surface area contributed by atoms with Gasteiger partial charge >= 0.3 is 0 Å². The number of hydrogen-bond donors (Lipinski definition) is 0. The van der Waals surface area contributed by atoms with Crippen LogP contribution >= 0.6 is 0 Å². The molecule has 8 heteroatoms. The molecule has 0 fully saturated rings. The van der Waals surface area contributed by atoms with Crippen LogP contribution in [0.4, 0.5) is 8.78 Å². The standard InChI is InChI=1S/C16H14F2N2O3S/c1-24(21,22)15-19-13(11-4-6-16(17,18)14(11)20-15)10-3-2-9-5-7-23-12(9)8-10/h2-3,8H,4-7H2,1H3. The molecule has 1 aliphatic carbocycles. The van der Waals surface area contributed by atoms with E-state index in [-0.39, 0.29) is 12.1 Å². The third kappa shape index (κ3) is 2.36. The van der Waals surface area contributed by atoms with Gasteiger partial charge in [0.1, 0.15) is 11.4 Å². The minimum absolute atomic E-state index is 0.111. The van der Waals surface area contributed by atoms with E-state index in [1.54, 1.807) is 12.1 Å². The number of nitrogens with zero attached hydrogens (tertiary/aromatic N) is 2. The van der Waals surface area contributed by atoms with Crippen LogP contribution in [0.1, 0.15) is 23.2 Å². The van der Waals surface area contributed by atoms with Crippen molar-refractivity contribution in [2.75, 3.05) is 12.9 Å². The van der Waals surface area contributed by atoms with Crippen molar-refractivity contribution in [3.63, 3.8) is 0 Å². The second-order valence-corrected chi connectivity index (χ2v) is 7.99. The van der Waals surface area contributed by atoms with E-state index in [4.69, 9.17) is 4.74 Å². The van der Waals surface area contributed by atoms with E-state index in [1.807, 2.05) is 6.07 Å². The average Bonchev–Trinajstić information content (AvgIpc) is 3.09. The van der Waals surface area contributed by atoms with Gasteiger partial charge in [-0.05, 0) is 18.1 Å². The van der Waals surface area contributed by atoms with Gasteiger partial charge in [0.05, 0.1) is 12.3 Å². The number of rotatable bonds is 2. The molecule has 2 aromatic rings. The highest BCUT2D eigenvalue weighted by atomic mass is 32.2. The summed E-state index contributed by atoms with van der Waals surface area (Å²) >= 11 is 0. The Labute approximate surface area is 137 Å². The molecule has 2 heterocycles. The van der Waals surface area contributed by atoms with Gasteiger partial charge in [0, 0.05) is 30.2 Å². The Morgan fingerprint density at radius 2 is 2.00 bits per heavy atom. The van der Waals surface area contributed by atoms with Gasteiger partial charge in [-0.2, -0.15) is 8.78 Å². The quantitative estimate of drug-likeness (QED) is 0.777. The number of halogens is 2. The molecule has 0 amide bonds. The molecule has 0 N–H and O–H groups in total. The summed E-state index contributed by atoms with van der Waals surface area (Å²) in [7, 11) is -3.80. The molecule has 0 saturated carbocycles. The molecule has 1 aromatic carbocycles. The van der Waals surface area contributed by atoms with E-state index in [0.717, 1.165) is 18.2 Å². The van der Waals surface area contributed by atoms with Crippen LogP contribution in [0.2, 0.25) is 0 Å². The van der Waals surface area contributed by atoms with Gasteiger partial charge in [0.15, 0.2) is 0 Å². The van der Waals surface area contributed by atoms with Crippen molar-refractivity contribution in [1.29, 1.82) is 0 Å². The summed E-state index contributed by atoms with van der Waals surface area (Å²) in [6.07, 6.45) is 1.43. The highest BCUT2D eigenvalue weighted by Crippen LogP contribution is 2.44. The lowest BCUT2D eigenvalue weighted by atomic mass is 10.0.